The van der Waals surface area contributed by atoms with Gasteiger partial charge in [0.2, 0.25) is 0 Å². The number of ketones is 1. The zero-order valence-corrected chi connectivity index (χ0v) is 7.08. The molecule has 5 heteroatoms. The molecule has 0 heterocycles. The number of rotatable bonds is 2. The van der Waals surface area contributed by atoms with Gasteiger partial charge >= 0.3 is 11.9 Å². The maximum Gasteiger partial charge on any atom is 0.308 e. The molecule has 1 saturated carbocycles. The first-order valence-corrected chi connectivity index (χ1v) is 4.21. The minimum Gasteiger partial charge on any atom is -0.481 e. The molecule has 14 heavy (non-hydrogen) atoms. The Labute approximate surface area is 79.0 Å². The molecule has 2 aliphatic rings. The lowest BCUT2D eigenvalue weighted by Gasteiger charge is -2.18. The van der Waals surface area contributed by atoms with Crippen LogP contribution < -0.4 is 0 Å². The Morgan fingerprint density at radius 2 is 1.36 bits per heavy atom. The van der Waals surface area contributed by atoms with E-state index in [9.17, 15) is 14.4 Å². The van der Waals surface area contributed by atoms with E-state index in [-0.39, 0.29) is 5.78 Å². The van der Waals surface area contributed by atoms with Crippen LogP contribution in [0.2, 0.25) is 0 Å². The van der Waals surface area contributed by atoms with Crippen molar-refractivity contribution in [2.45, 2.75) is 0 Å². The van der Waals surface area contributed by atoms with Crippen LogP contribution in [0.15, 0.2) is 12.2 Å². The van der Waals surface area contributed by atoms with E-state index in [1.807, 2.05) is 0 Å². The van der Waals surface area contributed by atoms with Crippen molar-refractivity contribution in [3.8, 4) is 0 Å². The van der Waals surface area contributed by atoms with Crippen LogP contribution in [0.1, 0.15) is 0 Å². The summed E-state index contributed by atoms with van der Waals surface area (Å²) in [5, 5.41) is 17.6. The van der Waals surface area contributed by atoms with E-state index >= 15 is 0 Å². The molecule has 0 aromatic heterocycles. The Morgan fingerprint density at radius 3 is 1.64 bits per heavy atom. The molecule has 2 rings (SSSR count). The molecule has 0 aromatic rings. The van der Waals surface area contributed by atoms with Gasteiger partial charge in [-0.05, 0) is 0 Å². The molecular formula is C9H8O5. The third-order valence-electron chi connectivity index (χ3n) is 2.91. The highest BCUT2D eigenvalue weighted by Crippen LogP contribution is 2.45. The topological polar surface area (TPSA) is 91.7 Å². The summed E-state index contributed by atoms with van der Waals surface area (Å²) in [6.07, 6.45) is 3.01. The number of carboxylic acids is 2. The van der Waals surface area contributed by atoms with Crippen LogP contribution in [-0.4, -0.2) is 27.9 Å². The van der Waals surface area contributed by atoms with E-state index in [0.29, 0.717) is 0 Å². The Hall–Kier alpha value is -1.65. The summed E-state index contributed by atoms with van der Waals surface area (Å²) < 4.78 is 0. The van der Waals surface area contributed by atoms with Crippen LogP contribution >= 0.6 is 0 Å². The molecule has 4 atom stereocenters. The van der Waals surface area contributed by atoms with Crippen LogP contribution in [0, 0.1) is 23.7 Å². The first-order valence-electron chi connectivity index (χ1n) is 4.21. The van der Waals surface area contributed by atoms with Crippen molar-refractivity contribution in [3.05, 3.63) is 12.2 Å². The molecule has 74 valence electrons. The quantitative estimate of drug-likeness (QED) is 0.595. The molecule has 2 aliphatic carbocycles. The van der Waals surface area contributed by atoms with Crippen LogP contribution in [0.5, 0.6) is 0 Å². The minimum absolute atomic E-state index is 0.273. The molecule has 0 amide bonds. The van der Waals surface area contributed by atoms with Gasteiger partial charge < -0.3 is 10.2 Å². The third kappa shape index (κ3) is 0.921. The van der Waals surface area contributed by atoms with Gasteiger partial charge in [-0.1, -0.05) is 12.2 Å². The third-order valence-corrected chi connectivity index (χ3v) is 2.91. The first kappa shape index (κ1) is 8.93. The number of hydrogen-bond donors (Lipinski definition) is 2. The Bertz CT molecular complexity index is 324. The summed E-state index contributed by atoms with van der Waals surface area (Å²) in [5.74, 6) is -6.34. The Kier molecular flexibility index (Phi) is 1.70. The van der Waals surface area contributed by atoms with E-state index in [0.717, 1.165) is 0 Å². The number of hydrogen-bond acceptors (Lipinski definition) is 3. The molecule has 0 spiro atoms. The number of aliphatic carboxylic acids is 2. The van der Waals surface area contributed by atoms with Crippen LogP contribution in [0.4, 0.5) is 0 Å². The van der Waals surface area contributed by atoms with E-state index in [2.05, 4.69) is 0 Å². The lowest BCUT2D eigenvalue weighted by Crippen LogP contribution is -2.32. The Morgan fingerprint density at radius 1 is 1.00 bits per heavy atom. The predicted octanol–water partition coefficient (Wildman–Crippen LogP) is -0.227. The van der Waals surface area contributed by atoms with Crippen molar-refractivity contribution < 1.29 is 24.6 Å². The molecular weight excluding hydrogens is 188 g/mol. The molecule has 2 bridgehead atoms. The first-order chi connectivity index (χ1) is 6.54. The fourth-order valence-corrected chi connectivity index (χ4v) is 2.31. The van der Waals surface area contributed by atoms with Gasteiger partial charge in [0, 0.05) is 0 Å². The summed E-state index contributed by atoms with van der Waals surface area (Å²) in [6.45, 7) is 0. The number of carboxylic acid groups (broad SMARTS) is 2. The Balaban J connectivity index is 2.41. The highest BCUT2D eigenvalue weighted by Gasteiger charge is 2.57. The number of fused-ring (bicyclic) bond motifs is 2. The van der Waals surface area contributed by atoms with Gasteiger partial charge in [0.25, 0.3) is 0 Å². The van der Waals surface area contributed by atoms with Crippen molar-refractivity contribution in [3.63, 3.8) is 0 Å². The average Bonchev–Trinajstić information content (AvgIpc) is 2.58. The molecule has 2 unspecified atom stereocenters. The largest absolute Gasteiger partial charge is 0.481 e. The summed E-state index contributed by atoms with van der Waals surface area (Å²) in [6, 6.07) is 0. The van der Waals surface area contributed by atoms with E-state index < -0.39 is 35.6 Å². The van der Waals surface area contributed by atoms with Gasteiger partial charge in [-0.25, -0.2) is 0 Å². The van der Waals surface area contributed by atoms with Crippen LogP contribution in [0.3, 0.4) is 0 Å². The summed E-state index contributed by atoms with van der Waals surface area (Å²) >= 11 is 0. The zero-order chi connectivity index (χ0) is 10.5. The van der Waals surface area contributed by atoms with Crippen LogP contribution in [0.25, 0.3) is 0 Å². The number of allylic oxidation sites excluding steroid dienone is 2. The second kappa shape index (κ2) is 2.67. The maximum absolute atomic E-state index is 11.4. The summed E-state index contributed by atoms with van der Waals surface area (Å²) in [7, 11) is 0. The average molecular weight is 196 g/mol. The molecule has 0 aromatic carbocycles. The monoisotopic (exact) mass is 196 g/mol. The van der Waals surface area contributed by atoms with Gasteiger partial charge in [0.15, 0.2) is 0 Å². The molecule has 2 N–H and O–H groups in total. The summed E-state index contributed by atoms with van der Waals surface area (Å²) in [5.41, 5.74) is 0. The summed E-state index contributed by atoms with van der Waals surface area (Å²) in [4.78, 5) is 33.0. The van der Waals surface area contributed by atoms with E-state index in [4.69, 9.17) is 10.2 Å². The van der Waals surface area contributed by atoms with Gasteiger partial charge in [-0.15, -0.1) is 0 Å². The van der Waals surface area contributed by atoms with Crippen molar-refractivity contribution >= 4 is 17.7 Å². The zero-order valence-electron chi connectivity index (χ0n) is 7.08. The van der Waals surface area contributed by atoms with Crippen molar-refractivity contribution in [2.24, 2.45) is 23.7 Å². The van der Waals surface area contributed by atoms with E-state index in [1.54, 1.807) is 0 Å². The highest BCUT2D eigenvalue weighted by atomic mass is 16.4. The number of carbonyl (C=O) groups excluding carboxylic acids is 1. The smallest absolute Gasteiger partial charge is 0.308 e. The minimum atomic E-state index is -1.21. The fourth-order valence-electron chi connectivity index (χ4n) is 2.31. The molecule has 0 saturated heterocycles. The molecule has 5 nitrogen and oxygen atoms in total. The highest BCUT2D eigenvalue weighted by molar-refractivity contribution is 6.01. The van der Waals surface area contributed by atoms with Crippen LogP contribution in [-0.2, 0) is 14.4 Å². The van der Waals surface area contributed by atoms with Gasteiger partial charge in [0.05, 0.1) is 23.7 Å². The number of carbonyl (C=O) groups is 3. The molecule has 0 aliphatic heterocycles. The van der Waals surface area contributed by atoms with Gasteiger partial charge in [0.1, 0.15) is 5.78 Å². The normalized spacial score (nSPS) is 39.0. The fraction of sp³-hybridized carbons (Fsp3) is 0.444. The lowest BCUT2D eigenvalue weighted by atomic mass is 9.83. The van der Waals surface area contributed by atoms with Gasteiger partial charge in [-0.3, -0.25) is 14.4 Å². The second-order valence-electron chi connectivity index (χ2n) is 3.57. The lowest BCUT2D eigenvalue weighted by molar-refractivity contribution is -0.154. The SMILES string of the molecule is O=C1C2C=CC1[C@@H](C(=O)O)[C@@H]2C(=O)O. The maximum atomic E-state index is 11.4. The van der Waals surface area contributed by atoms with Gasteiger partial charge in [-0.2, -0.15) is 0 Å². The molecule has 1 fully saturated rings. The van der Waals surface area contributed by atoms with E-state index in [1.165, 1.54) is 12.2 Å². The second-order valence-corrected chi connectivity index (χ2v) is 3.57. The van der Waals surface area contributed by atoms with Crippen molar-refractivity contribution in [1.82, 2.24) is 0 Å². The standard InChI is InChI=1S/C9H8O5/c10-7-3-1-2-4(7)6(9(13)14)5(3)8(11)12/h1-6H,(H,11,12)(H,13,14)/t3?,4?,5-,6-/m1/s1. The van der Waals surface area contributed by atoms with Crippen molar-refractivity contribution in [1.29, 1.82) is 0 Å². The molecule has 0 radical (unpaired) electrons. The van der Waals surface area contributed by atoms with Crippen molar-refractivity contribution in [2.75, 3.05) is 0 Å². The predicted molar refractivity (Wildman–Crippen MR) is 43.4 cm³/mol. The number of Topliss-reactive ketones (excluding diaryl/α,β-unsaturated/α-hetero) is 1.